The molecule has 1 fully saturated rings. The molecule has 1 saturated heterocycles. The van der Waals surface area contributed by atoms with E-state index in [0.717, 1.165) is 18.8 Å². The Hall–Kier alpha value is -1.36. The summed E-state index contributed by atoms with van der Waals surface area (Å²) >= 11 is 0. The Labute approximate surface area is 82.8 Å². The van der Waals surface area contributed by atoms with Gasteiger partial charge in [0, 0.05) is 26.3 Å². The highest BCUT2D eigenvalue weighted by Crippen LogP contribution is 2.04. The van der Waals surface area contributed by atoms with Crippen molar-refractivity contribution in [2.75, 3.05) is 26.3 Å². The van der Waals surface area contributed by atoms with Gasteiger partial charge in [-0.25, -0.2) is 0 Å². The predicted octanol–water partition coefficient (Wildman–Crippen LogP) is 0.0777. The van der Waals surface area contributed by atoms with Gasteiger partial charge in [-0.3, -0.25) is 10.1 Å². The summed E-state index contributed by atoms with van der Waals surface area (Å²) in [5.41, 5.74) is 0.731. The Morgan fingerprint density at radius 1 is 1.50 bits per heavy atom. The lowest BCUT2D eigenvalue weighted by molar-refractivity contribution is 0.0679. The van der Waals surface area contributed by atoms with Gasteiger partial charge in [0.25, 0.3) is 0 Å². The largest absolute Gasteiger partial charge is 0.378 e. The molecule has 0 bridgehead atoms. The number of rotatable bonds is 1. The molecule has 1 aliphatic rings. The van der Waals surface area contributed by atoms with Crippen LogP contribution in [0.2, 0.25) is 0 Å². The van der Waals surface area contributed by atoms with Gasteiger partial charge in [-0.2, -0.15) is 5.10 Å². The first-order chi connectivity index (χ1) is 6.77. The molecule has 1 aliphatic heterocycles. The molecule has 0 aliphatic carbocycles. The SMILES string of the molecule is Cn1ccc(C(=N)N2CCOCC2)n1. The normalized spacial score (nSPS) is 17.1. The minimum atomic E-state index is 0.494. The molecule has 1 N–H and O–H groups in total. The molecule has 2 rings (SSSR count). The molecule has 5 nitrogen and oxygen atoms in total. The molecule has 2 heterocycles. The van der Waals surface area contributed by atoms with Crippen LogP contribution in [0.4, 0.5) is 0 Å². The highest BCUT2D eigenvalue weighted by Gasteiger charge is 2.16. The number of hydrogen-bond acceptors (Lipinski definition) is 3. The number of amidine groups is 1. The Morgan fingerprint density at radius 3 is 2.79 bits per heavy atom. The van der Waals surface area contributed by atoms with Gasteiger partial charge < -0.3 is 9.64 Å². The van der Waals surface area contributed by atoms with E-state index in [1.165, 1.54) is 0 Å². The third-order valence-electron chi connectivity index (χ3n) is 2.28. The summed E-state index contributed by atoms with van der Waals surface area (Å²) in [5.74, 6) is 0.494. The molecular weight excluding hydrogens is 180 g/mol. The summed E-state index contributed by atoms with van der Waals surface area (Å²) in [6.07, 6.45) is 1.85. The summed E-state index contributed by atoms with van der Waals surface area (Å²) in [6, 6.07) is 1.86. The molecule has 5 heteroatoms. The molecule has 0 aromatic carbocycles. The topological polar surface area (TPSA) is 54.1 Å². The van der Waals surface area contributed by atoms with E-state index in [1.54, 1.807) is 4.68 Å². The Morgan fingerprint density at radius 2 is 2.21 bits per heavy atom. The van der Waals surface area contributed by atoms with Gasteiger partial charge in [0.05, 0.1) is 13.2 Å². The zero-order valence-electron chi connectivity index (χ0n) is 8.23. The van der Waals surface area contributed by atoms with Gasteiger partial charge in [0.2, 0.25) is 0 Å². The van der Waals surface area contributed by atoms with Crippen molar-refractivity contribution < 1.29 is 4.74 Å². The van der Waals surface area contributed by atoms with Crippen LogP contribution in [0.5, 0.6) is 0 Å². The van der Waals surface area contributed by atoms with E-state index >= 15 is 0 Å². The van der Waals surface area contributed by atoms with Crippen molar-refractivity contribution in [1.29, 1.82) is 5.41 Å². The van der Waals surface area contributed by atoms with Gasteiger partial charge in [-0.15, -0.1) is 0 Å². The van der Waals surface area contributed by atoms with E-state index in [4.69, 9.17) is 10.1 Å². The lowest BCUT2D eigenvalue weighted by Crippen LogP contribution is -2.40. The molecular formula is C9H14N4O. The van der Waals surface area contributed by atoms with Crippen LogP contribution in [0.25, 0.3) is 0 Å². The van der Waals surface area contributed by atoms with Gasteiger partial charge in [0.15, 0.2) is 0 Å². The second kappa shape index (κ2) is 3.79. The summed E-state index contributed by atoms with van der Waals surface area (Å²) in [5, 5.41) is 12.1. The van der Waals surface area contributed by atoms with E-state index in [1.807, 2.05) is 24.2 Å². The first-order valence-electron chi connectivity index (χ1n) is 4.68. The minimum absolute atomic E-state index is 0.494. The standard InChI is InChI=1S/C9H14N4O/c1-12-3-2-8(11-12)9(10)13-4-6-14-7-5-13/h2-3,10H,4-7H2,1H3. The number of aryl methyl sites for hydroxylation is 1. The molecule has 1 aromatic rings. The van der Waals surface area contributed by atoms with Crippen molar-refractivity contribution >= 4 is 5.84 Å². The van der Waals surface area contributed by atoms with E-state index in [9.17, 15) is 0 Å². The van der Waals surface area contributed by atoms with Crippen LogP contribution in [0, 0.1) is 5.41 Å². The Balaban J connectivity index is 2.07. The third kappa shape index (κ3) is 1.77. The molecule has 0 amide bonds. The second-order valence-corrected chi connectivity index (χ2v) is 3.32. The van der Waals surface area contributed by atoms with E-state index in [0.29, 0.717) is 19.0 Å². The highest BCUT2D eigenvalue weighted by molar-refractivity contribution is 5.94. The maximum absolute atomic E-state index is 7.93. The predicted molar refractivity (Wildman–Crippen MR) is 52.4 cm³/mol. The van der Waals surface area contributed by atoms with Crippen LogP contribution in [0.15, 0.2) is 12.3 Å². The van der Waals surface area contributed by atoms with Crippen molar-refractivity contribution in [2.24, 2.45) is 7.05 Å². The fourth-order valence-corrected chi connectivity index (χ4v) is 1.49. The maximum Gasteiger partial charge on any atom is 0.149 e. The molecule has 0 spiro atoms. The van der Waals surface area contributed by atoms with Crippen LogP contribution >= 0.6 is 0 Å². The van der Waals surface area contributed by atoms with Gasteiger partial charge in [-0.1, -0.05) is 0 Å². The lowest BCUT2D eigenvalue weighted by Gasteiger charge is -2.28. The molecule has 0 atom stereocenters. The molecule has 0 saturated carbocycles. The number of nitrogens with one attached hydrogen (secondary N) is 1. The first kappa shape index (κ1) is 9.21. The monoisotopic (exact) mass is 194 g/mol. The smallest absolute Gasteiger partial charge is 0.149 e. The number of hydrogen-bond donors (Lipinski definition) is 1. The molecule has 0 unspecified atom stereocenters. The van der Waals surface area contributed by atoms with Crippen molar-refractivity contribution in [1.82, 2.24) is 14.7 Å². The minimum Gasteiger partial charge on any atom is -0.378 e. The zero-order valence-corrected chi connectivity index (χ0v) is 8.23. The molecule has 0 radical (unpaired) electrons. The third-order valence-corrected chi connectivity index (χ3v) is 2.28. The second-order valence-electron chi connectivity index (χ2n) is 3.32. The first-order valence-corrected chi connectivity index (χ1v) is 4.68. The molecule has 14 heavy (non-hydrogen) atoms. The molecule has 76 valence electrons. The van der Waals surface area contributed by atoms with Gasteiger partial charge in [0.1, 0.15) is 11.5 Å². The average molecular weight is 194 g/mol. The van der Waals surface area contributed by atoms with Crippen molar-refractivity contribution in [3.8, 4) is 0 Å². The molecule has 1 aromatic heterocycles. The number of aromatic nitrogens is 2. The number of ether oxygens (including phenoxy) is 1. The highest BCUT2D eigenvalue weighted by atomic mass is 16.5. The van der Waals surface area contributed by atoms with Crippen LogP contribution in [-0.2, 0) is 11.8 Å². The van der Waals surface area contributed by atoms with Gasteiger partial charge >= 0.3 is 0 Å². The van der Waals surface area contributed by atoms with Crippen molar-refractivity contribution in [3.63, 3.8) is 0 Å². The summed E-state index contributed by atoms with van der Waals surface area (Å²) in [4.78, 5) is 1.99. The summed E-state index contributed by atoms with van der Waals surface area (Å²) < 4.78 is 6.94. The van der Waals surface area contributed by atoms with Crippen molar-refractivity contribution in [3.05, 3.63) is 18.0 Å². The Kier molecular flexibility index (Phi) is 2.49. The van der Waals surface area contributed by atoms with Crippen LogP contribution in [-0.4, -0.2) is 46.8 Å². The summed E-state index contributed by atoms with van der Waals surface area (Å²) in [7, 11) is 1.86. The zero-order chi connectivity index (χ0) is 9.97. The number of nitrogens with zero attached hydrogens (tertiary/aromatic N) is 3. The summed E-state index contributed by atoms with van der Waals surface area (Å²) in [6.45, 7) is 2.98. The van der Waals surface area contributed by atoms with Gasteiger partial charge in [-0.05, 0) is 6.07 Å². The Bertz CT molecular complexity index is 327. The van der Waals surface area contributed by atoms with E-state index in [2.05, 4.69) is 5.10 Å². The average Bonchev–Trinajstić information content (AvgIpc) is 2.65. The fraction of sp³-hybridized carbons (Fsp3) is 0.556. The maximum atomic E-state index is 7.93. The van der Waals surface area contributed by atoms with Crippen LogP contribution in [0.3, 0.4) is 0 Å². The lowest BCUT2D eigenvalue weighted by atomic mass is 10.3. The van der Waals surface area contributed by atoms with Crippen LogP contribution in [0.1, 0.15) is 5.69 Å². The van der Waals surface area contributed by atoms with Crippen LogP contribution < -0.4 is 0 Å². The van der Waals surface area contributed by atoms with Crippen molar-refractivity contribution in [2.45, 2.75) is 0 Å². The van der Waals surface area contributed by atoms with E-state index in [-0.39, 0.29) is 0 Å². The quantitative estimate of drug-likeness (QED) is 0.508. The fourth-order valence-electron chi connectivity index (χ4n) is 1.49. The van der Waals surface area contributed by atoms with E-state index < -0.39 is 0 Å². The number of morpholine rings is 1.